The summed E-state index contributed by atoms with van der Waals surface area (Å²) < 4.78 is 1.09. The molecule has 92 valence electrons. The molecule has 4 N–H and O–H groups in total. The van der Waals surface area contributed by atoms with Crippen LogP contribution in [0.3, 0.4) is 0 Å². The van der Waals surface area contributed by atoms with Crippen LogP contribution in [0.5, 0.6) is 0 Å². The Morgan fingerprint density at radius 2 is 2.18 bits per heavy atom. The molecule has 1 aliphatic rings. The van der Waals surface area contributed by atoms with Gasteiger partial charge in [0.15, 0.2) is 0 Å². The Morgan fingerprint density at radius 3 is 2.82 bits per heavy atom. The Hall–Kier alpha value is -0.980. The lowest BCUT2D eigenvalue weighted by molar-refractivity contribution is -0.119. The predicted octanol–water partition coefficient (Wildman–Crippen LogP) is 1.72. The smallest absolute Gasteiger partial charge is 0.240 e. The zero-order valence-corrected chi connectivity index (χ0v) is 11.7. The number of nitrogens with zero attached hydrogens (tertiary/aromatic N) is 1. The van der Waals surface area contributed by atoms with E-state index in [0.29, 0.717) is 5.69 Å². The van der Waals surface area contributed by atoms with Crippen molar-refractivity contribution in [2.75, 3.05) is 17.2 Å². The van der Waals surface area contributed by atoms with Crippen LogP contribution < -0.4 is 16.4 Å². The standard InChI is InChI=1S/C12H16IN3O/c13-8-4-5-10(9(14)7-8)16-6-2-1-3-11(16)12(15)17/h4-5,7,11H,1-3,6,14H2,(H2,15,17). The minimum absolute atomic E-state index is 0.217. The number of hydrogen-bond donors (Lipinski definition) is 2. The topological polar surface area (TPSA) is 72.4 Å². The molecule has 1 saturated heterocycles. The lowest BCUT2D eigenvalue weighted by atomic mass is 10.0. The third-order valence-corrected chi connectivity index (χ3v) is 3.80. The first-order chi connectivity index (χ1) is 8.09. The fourth-order valence-corrected chi connectivity index (χ4v) is 2.82. The largest absolute Gasteiger partial charge is 0.397 e. The molecule has 1 heterocycles. The molecular weight excluding hydrogens is 329 g/mol. The van der Waals surface area contributed by atoms with Crippen molar-refractivity contribution in [1.29, 1.82) is 0 Å². The second kappa shape index (κ2) is 5.12. The molecule has 1 aromatic rings. The van der Waals surface area contributed by atoms with Gasteiger partial charge in [0.2, 0.25) is 5.91 Å². The second-order valence-electron chi connectivity index (χ2n) is 4.31. The molecule has 1 fully saturated rings. The number of benzene rings is 1. The van der Waals surface area contributed by atoms with Gasteiger partial charge in [-0.15, -0.1) is 0 Å². The van der Waals surface area contributed by atoms with Crippen LogP contribution >= 0.6 is 22.6 Å². The van der Waals surface area contributed by atoms with Gasteiger partial charge in [-0.25, -0.2) is 0 Å². The molecule has 0 saturated carbocycles. The normalized spacial score (nSPS) is 20.3. The van der Waals surface area contributed by atoms with E-state index in [9.17, 15) is 4.79 Å². The van der Waals surface area contributed by atoms with Crippen molar-refractivity contribution >= 4 is 39.9 Å². The van der Waals surface area contributed by atoms with E-state index in [1.165, 1.54) is 0 Å². The SMILES string of the molecule is NC(=O)C1CCCCN1c1ccc(I)cc1N. The summed E-state index contributed by atoms with van der Waals surface area (Å²) in [7, 11) is 0. The van der Waals surface area contributed by atoms with Gasteiger partial charge in [0.05, 0.1) is 11.4 Å². The Balaban J connectivity index is 2.32. The molecule has 0 spiro atoms. The molecule has 17 heavy (non-hydrogen) atoms. The number of halogens is 1. The van der Waals surface area contributed by atoms with Crippen molar-refractivity contribution in [3.8, 4) is 0 Å². The van der Waals surface area contributed by atoms with Gasteiger partial charge in [-0.3, -0.25) is 4.79 Å². The van der Waals surface area contributed by atoms with Crippen molar-refractivity contribution in [3.05, 3.63) is 21.8 Å². The van der Waals surface area contributed by atoms with Crippen molar-refractivity contribution in [2.45, 2.75) is 25.3 Å². The summed E-state index contributed by atoms with van der Waals surface area (Å²) >= 11 is 2.22. The predicted molar refractivity (Wildman–Crippen MR) is 77.8 cm³/mol. The van der Waals surface area contributed by atoms with Gasteiger partial charge < -0.3 is 16.4 Å². The van der Waals surface area contributed by atoms with E-state index in [0.717, 1.165) is 35.1 Å². The molecule has 0 aliphatic carbocycles. The average Bonchev–Trinajstić information content (AvgIpc) is 2.29. The Morgan fingerprint density at radius 1 is 1.41 bits per heavy atom. The number of nitrogens with two attached hydrogens (primary N) is 2. The van der Waals surface area contributed by atoms with E-state index in [4.69, 9.17) is 11.5 Å². The van der Waals surface area contributed by atoms with E-state index < -0.39 is 0 Å². The minimum atomic E-state index is -0.261. The summed E-state index contributed by atoms with van der Waals surface area (Å²) in [6, 6.07) is 5.67. The quantitative estimate of drug-likeness (QED) is 0.633. The first-order valence-corrected chi connectivity index (χ1v) is 6.78. The van der Waals surface area contributed by atoms with E-state index in [1.807, 2.05) is 23.1 Å². The van der Waals surface area contributed by atoms with Crippen molar-refractivity contribution < 1.29 is 4.79 Å². The van der Waals surface area contributed by atoms with Crippen LogP contribution in [0.1, 0.15) is 19.3 Å². The molecule has 0 aromatic heterocycles. The fourth-order valence-electron chi connectivity index (χ4n) is 2.30. The Labute approximate surface area is 114 Å². The number of carbonyl (C=O) groups is 1. The number of carbonyl (C=O) groups excluding carboxylic acids is 1. The summed E-state index contributed by atoms with van der Waals surface area (Å²) in [6.07, 6.45) is 2.95. The third-order valence-electron chi connectivity index (χ3n) is 3.13. The molecule has 0 radical (unpaired) electrons. The number of nitrogen functional groups attached to an aromatic ring is 1. The van der Waals surface area contributed by atoms with E-state index in [-0.39, 0.29) is 11.9 Å². The summed E-state index contributed by atoms with van der Waals surface area (Å²) in [5.74, 6) is -0.261. The molecule has 1 amide bonds. The molecule has 1 aromatic carbocycles. The molecule has 2 rings (SSSR count). The lowest BCUT2D eigenvalue weighted by Gasteiger charge is -2.36. The highest BCUT2D eigenvalue weighted by molar-refractivity contribution is 14.1. The average molecular weight is 345 g/mol. The van der Waals surface area contributed by atoms with Crippen LogP contribution in [0.15, 0.2) is 18.2 Å². The van der Waals surface area contributed by atoms with Gasteiger partial charge in [-0.05, 0) is 60.1 Å². The molecular formula is C12H16IN3O. The number of amides is 1. The molecule has 1 unspecified atom stereocenters. The van der Waals surface area contributed by atoms with Gasteiger partial charge >= 0.3 is 0 Å². The molecule has 0 bridgehead atoms. The van der Waals surface area contributed by atoms with Crippen LogP contribution in [-0.4, -0.2) is 18.5 Å². The highest BCUT2D eigenvalue weighted by Gasteiger charge is 2.28. The van der Waals surface area contributed by atoms with Gasteiger partial charge in [0, 0.05) is 10.1 Å². The maximum absolute atomic E-state index is 11.5. The van der Waals surface area contributed by atoms with Crippen LogP contribution in [0.4, 0.5) is 11.4 Å². The summed E-state index contributed by atoms with van der Waals surface area (Å²) in [5, 5.41) is 0. The maximum Gasteiger partial charge on any atom is 0.240 e. The molecule has 5 heteroatoms. The first kappa shape index (κ1) is 12.5. The Kier molecular flexibility index (Phi) is 3.76. The number of anilines is 2. The highest BCUT2D eigenvalue weighted by atomic mass is 127. The van der Waals surface area contributed by atoms with E-state index in [2.05, 4.69) is 22.6 Å². The van der Waals surface area contributed by atoms with Gasteiger partial charge in [0.25, 0.3) is 0 Å². The number of piperidine rings is 1. The Bertz CT molecular complexity index is 436. The highest BCUT2D eigenvalue weighted by Crippen LogP contribution is 2.30. The van der Waals surface area contributed by atoms with Crippen LogP contribution in [-0.2, 0) is 4.79 Å². The number of rotatable bonds is 2. The second-order valence-corrected chi connectivity index (χ2v) is 5.56. The molecule has 4 nitrogen and oxygen atoms in total. The maximum atomic E-state index is 11.5. The van der Waals surface area contributed by atoms with Crippen LogP contribution in [0.2, 0.25) is 0 Å². The van der Waals surface area contributed by atoms with Gasteiger partial charge in [-0.2, -0.15) is 0 Å². The summed E-state index contributed by atoms with van der Waals surface area (Å²) in [5.41, 5.74) is 13.1. The molecule has 1 atom stereocenters. The minimum Gasteiger partial charge on any atom is -0.397 e. The molecule has 1 aliphatic heterocycles. The van der Waals surface area contributed by atoms with E-state index in [1.54, 1.807) is 0 Å². The van der Waals surface area contributed by atoms with E-state index >= 15 is 0 Å². The third kappa shape index (κ3) is 2.65. The van der Waals surface area contributed by atoms with Gasteiger partial charge in [0.1, 0.15) is 6.04 Å². The zero-order chi connectivity index (χ0) is 12.4. The monoisotopic (exact) mass is 345 g/mol. The van der Waals surface area contributed by atoms with Crippen LogP contribution in [0.25, 0.3) is 0 Å². The first-order valence-electron chi connectivity index (χ1n) is 5.70. The summed E-state index contributed by atoms with van der Waals surface area (Å²) in [4.78, 5) is 13.5. The number of primary amides is 1. The summed E-state index contributed by atoms with van der Waals surface area (Å²) in [6.45, 7) is 0.846. The van der Waals surface area contributed by atoms with Gasteiger partial charge in [-0.1, -0.05) is 0 Å². The van der Waals surface area contributed by atoms with Crippen molar-refractivity contribution in [2.24, 2.45) is 5.73 Å². The van der Waals surface area contributed by atoms with Crippen LogP contribution in [0, 0.1) is 3.57 Å². The fraction of sp³-hybridized carbons (Fsp3) is 0.417. The lowest BCUT2D eigenvalue weighted by Crippen LogP contribution is -2.48. The van der Waals surface area contributed by atoms with Crippen molar-refractivity contribution in [1.82, 2.24) is 0 Å². The zero-order valence-electron chi connectivity index (χ0n) is 9.53. The van der Waals surface area contributed by atoms with Crippen molar-refractivity contribution in [3.63, 3.8) is 0 Å². The number of hydrogen-bond acceptors (Lipinski definition) is 3.